The number of hydrogen-bond donors (Lipinski definition) is 0. The van der Waals surface area contributed by atoms with E-state index in [1.165, 1.54) is 87.6 Å². The maximum atomic E-state index is 2.45. The normalized spacial score (nSPS) is 11.5. The summed E-state index contributed by atoms with van der Waals surface area (Å²) in [5.74, 6) is 0. The molecule has 0 aliphatic heterocycles. The molecule has 9 aromatic rings. The van der Waals surface area contributed by atoms with Crippen LogP contribution in [-0.2, 0) is 0 Å². The van der Waals surface area contributed by atoms with Gasteiger partial charge >= 0.3 is 0 Å². The molecule has 214 valence electrons. The molecule has 46 heavy (non-hydrogen) atoms. The van der Waals surface area contributed by atoms with Gasteiger partial charge in [-0.25, -0.2) is 0 Å². The molecule has 0 atom stereocenters. The largest absolute Gasteiger partial charge is 0.0622 e. The van der Waals surface area contributed by atoms with Crippen LogP contribution in [0.3, 0.4) is 0 Å². The van der Waals surface area contributed by atoms with Gasteiger partial charge in [-0.15, -0.1) is 0 Å². The lowest BCUT2D eigenvalue weighted by molar-refractivity contribution is 1.57. The maximum Gasteiger partial charge on any atom is -0.00923 e. The van der Waals surface area contributed by atoms with Crippen LogP contribution in [0.1, 0.15) is 0 Å². The molecule has 0 aliphatic carbocycles. The SMILES string of the molecule is c1ccc(-c2cc(-c3cc4ccccc4c4ccccc34)c(-c3ccccc3)cc2-c2cc3ccccc3c3ccccc23)cc1. The highest BCUT2D eigenvalue weighted by molar-refractivity contribution is 6.17. The van der Waals surface area contributed by atoms with Gasteiger partial charge in [0.1, 0.15) is 0 Å². The third kappa shape index (κ3) is 4.30. The molecule has 0 unspecified atom stereocenters. The highest BCUT2D eigenvalue weighted by Crippen LogP contribution is 2.47. The van der Waals surface area contributed by atoms with E-state index >= 15 is 0 Å². The zero-order valence-corrected chi connectivity index (χ0v) is 25.3. The van der Waals surface area contributed by atoms with Crippen molar-refractivity contribution < 1.29 is 0 Å². The fraction of sp³-hybridized carbons (Fsp3) is 0. The van der Waals surface area contributed by atoms with E-state index in [1.54, 1.807) is 0 Å². The van der Waals surface area contributed by atoms with Gasteiger partial charge in [-0.3, -0.25) is 0 Å². The van der Waals surface area contributed by atoms with Crippen LogP contribution in [0, 0.1) is 0 Å². The quantitative estimate of drug-likeness (QED) is 0.181. The summed E-state index contributed by atoms with van der Waals surface area (Å²) in [5, 5.41) is 10.2. The molecule has 0 heteroatoms. The first-order valence-electron chi connectivity index (χ1n) is 15.9. The minimum absolute atomic E-state index is 1.21. The first-order valence-corrected chi connectivity index (χ1v) is 15.9. The van der Waals surface area contributed by atoms with Crippen LogP contribution in [-0.4, -0.2) is 0 Å². The molecule has 0 aromatic heterocycles. The van der Waals surface area contributed by atoms with Crippen molar-refractivity contribution in [3.05, 3.63) is 182 Å². The summed E-state index contributed by atoms with van der Waals surface area (Å²) in [7, 11) is 0. The molecule has 0 fully saturated rings. The first-order chi connectivity index (χ1) is 22.8. The third-order valence-corrected chi connectivity index (χ3v) is 9.44. The van der Waals surface area contributed by atoms with Crippen molar-refractivity contribution in [2.45, 2.75) is 0 Å². The van der Waals surface area contributed by atoms with E-state index in [0.29, 0.717) is 0 Å². The summed E-state index contributed by atoms with van der Waals surface area (Å²) in [5.41, 5.74) is 9.85. The van der Waals surface area contributed by atoms with Gasteiger partial charge in [-0.05, 0) is 112 Å². The molecular weight excluding hydrogens is 553 g/mol. The Morgan fingerprint density at radius 3 is 0.935 bits per heavy atom. The van der Waals surface area contributed by atoms with Gasteiger partial charge in [0.15, 0.2) is 0 Å². The summed E-state index contributed by atoms with van der Waals surface area (Å²) in [6, 6.07) is 66.7. The fourth-order valence-electron chi connectivity index (χ4n) is 7.31. The highest BCUT2D eigenvalue weighted by atomic mass is 14.2. The lowest BCUT2D eigenvalue weighted by Crippen LogP contribution is -1.94. The predicted molar refractivity (Wildman–Crippen MR) is 198 cm³/mol. The Morgan fingerprint density at radius 1 is 0.196 bits per heavy atom. The Bertz CT molecular complexity index is 2380. The highest BCUT2D eigenvalue weighted by Gasteiger charge is 2.20. The molecule has 0 bridgehead atoms. The average Bonchev–Trinajstić information content (AvgIpc) is 3.14. The number of benzene rings is 9. The maximum absolute atomic E-state index is 2.45. The van der Waals surface area contributed by atoms with Gasteiger partial charge in [-0.2, -0.15) is 0 Å². The second kappa shape index (κ2) is 10.9. The zero-order valence-electron chi connectivity index (χ0n) is 25.3. The summed E-state index contributed by atoms with van der Waals surface area (Å²) >= 11 is 0. The molecule has 0 amide bonds. The van der Waals surface area contributed by atoms with E-state index in [-0.39, 0.29) is 0 Å². The average molecular weight is 583 g/mol. The van der Waals surface area contributed by atoms with Crippen molar-refractivity contribution in [2.75, 3.05) is 0 Å². The fourth-order valence-corrected chi connectivity index (χ4v) is 7.31. The predicted octanol–water partition coefficient (Wildman–Crippen LogP) is 13.0. The van der Waals surface area contributed by atoms with Crippen LogP contribution in [0.5, 0.6) is 0 Å². The van der Waals surface area contributed by atoms with Crippen LogP contribution in [0.4, 0.5) is 0 Å². The van der Waals surface area contributed by atoms with Gasteiger partial charge in [-0.1, -0.05) is 158 Å². The van der Waals surface area contributed by atoms with E-state index in [0.717, 1.165) is 0 Å². The van der Waals surface area contributed by atoms with Crippen LogP contribution in [0.2, 0.25) is 0 Å². The standard InChI is InChI=1S/C46H30/c1-3-15-31(16-4-1)41-29-46(44-28-34-20-8-10-22-36(34)38-24-12-14-26-40(38)44)42(32-17-5-2-6-18-32)30-45(41)43-27-33-19-7-9-21-35(33)37-23-11-13-25-39(37)43/h1-30H. The van der Waals surface area contributed by atoms with Crippen molar-refractivity contribution in [3.63, 3.8) is 0 Å². The van der Waals surface area contributed by atoms with E-state index in [9.17, 15) is 0 Å². The number of hydrogen-bond acceptors (Lipinski definition) is 0. The molecule has 9 rings (SSSR count). The van der Waals surface area contributed by atoms with Gasteiger partial charge in [0, 0.05) is 0 Å². The minimum atomic E-state index is 1.21. The number of fused-ring (bicyclic) bond motifs is 6. The van der Waals surface area contributed by atoms with Crippen LogP contribution in [0.25, 0.3) is 87.6 Å². The molecule has 0 nitrogen and oxygen atoms in total. The Balaban J connectivity index is 1.45. The summed E-state index contributed by atoms with van der Waals surface area (Å²) in [4.78, 5) is 0. The molecule has 0 radical (unpaired) electrons. The Labute approximate surface area is 268 Å². The van der Waals surface area contributed by atoms with E-state index in [4.69, 9.17) is 0 Å². The molecule has 0 spiro atoms. The minimum Gasteiger partial charge on any atom is -0.0622 e. The van der Waals surface area contributed by atoms with Crippen molar-refractivity contribution >= 4 is 43.1 Å². The van der Waals surface area contributed by atoms with Crippen molar-refractivity contribution in [1.82, 2.24) is 0 Å². The molecule has 9 aromatic carbocycles. The van der Waals surface area contributed by atoms with Gasteiger partial charge in [0.2, 0.25) is 0 Å². The topological polar surface area (TPSA) is 0 Å². The number of rotatable bonds is 4. The van der Waals surface area contributed by atoms with Crippen molar-refractivity contribution in [1.29, 1.82) is 0 Å². The second-order valence-electron chi connectivity index (χ2n) is 12.1. The smallest absolute Gasteiger partial charge is 0.00923 e. The van der Waals surface area contributed by atoms with Crippen molar-refractivity contribution in [3.8, 4) is 44.5 Å². The van der Waals surface area contributed by atoms with Crippen LogP contribution in [0.15, 0.2) is 182 Å². The van der Waals surface area contributed by atoms with E-state index < -0.39 is 0 Å². The Kier molecular flexibility index (Phi) is 6.25. The van der Waals surface area contributed by atoms with E-state index in [2.05, 4.69) is 182 Å². The molecule has 0 heterocycles. The van der Waals surface area contributed by atoms with Crippen molar-refractivity contribution in [2.24, 2.45) is 0 Å². The van der Waals surface area contributed by atoms with Gasteiger partial charge in [0.25, 0.3) is 0 Å². The summed E-state index contributed by atoms with van der Waals surface area (Å²) < 4.78 is 0. The van der Waals surface area contributed by atoms with E-state index in [1.807, 2.05) is 0 Å². The molecule has 0 N–H and O–H groups in total. The second-order valence-corrected chi connectivity index (χ2v) is 12.1. The molecular formula is C46H30. The Hall–Kier alpha value is -5.98. The van der Waals surface area contributed by atoms with Crippen LogP contribution < -0.4 is 0 Å². The van der Waals surface area contributed by atoms with Gasteiger partial charge < -0.3 is 0 Å². The summed E-state index contributed by atoms with van der Waals surface area (Å²) in [6.07, 6.45) is 0. The third-order valence-electron chi connectivity index (χ3n) is 9.44. The molecule has 0 saturated carbocycles. The monoisotopic (exact) mass is 582 g/mol. The lowest BCUT2D eigenvalue weighted by Gasteiger charge is -2.21. The first kappa shape index (κ1) is 26.4. The lowest BCUT2D eigenvalue weighted by atomic mass is 9.82. The summed E-state index contributed by atoms with van der Waals surface area (Å²) in [6.45, 7) is 0. The molecule has 0 saturated heterocycles. The zero-order chi connectivity index (χ0) is 30.5. The Morgan fingerprint density at radius 2 is 0.522 bits per heavy atom. The van der Waals surface area contributed by atoms with Gasteiger partial charge in [0.05, 0.1) is 0 Å². The molecule has 0 aliphatic rings. The van der Waals surface area contributed by atoms with Crippen LogP contribution >= 0.6 is 0 Å².